The fraction of sp³-hybridized carbons (Fsp3) is 0.111. The molecule has 0 unspecified atom stereocenters. The van der Waals surface area contributed by atoms with Crippen molar-refractivity contribution < 1.29 is 9.21 Å². The molecule has 0 bridgehead atoms. The molecule has 6 nitrogen and oxygen atoms in total. The number of aromatic amines is 1. The zero-order chi connectivity index (χ0) is 18.1. The number of carbonyl (C=O) groups excluding carboxylic acids is 1. The van der Waals surface area contributed by atoms with Gasteiger partial charge in [0.15, 0.2) is 11.6 Å². The van der Waals surface area contributed by atoms with E-state index in [2.05, 4.69) is 20.2 Å². The number of rotatable bonds is 5. The number of nitrogens with one attached hydrogen (secondary N) is 1. The maximum atomic E-state index is 12.3. The lowest BCUT2D eigenvalue weighted by Gasteiger charge is -2.00. The normalized spacial score (nSPS) is 11.2. The van der Waals surface area contributed by atoms with Crippen LogP contribution in [0, 0.1) is 0 Å². The number of benzene rings is 2. The van der Waals surface area contributed by atoms with Crippen LogP contribution in [0.15, 0.2) is 46.9 Å². The fourth-order valence-electron chi connectivity index (χ4n) is 2.58. The lowest BCUT2D eigenvalue weighted by Crippen LogP contribution is -2.03. The third kappa shape index (κ3) is 3.21. The Morgan fingerprint density at radius 2 is 1.81 bits per heavy atom. The van der Waals surface area contributed by atoms with E-state index in [0.29, 0.717) is 33.7 Å². The number of ketones is 1. The second-order valence-corrected chi connectivity index (χ2v) is 6.44. The average molecular weight is 387 g/mol. The van der Waals surface area contributed by atoms with Gasteiger partial charge in [0, 0.05) is 12.8 Å². The zero-order valence-electron chi connectivity index (χ0n) is 13.4. The molecule has 2 aromatic heterocycles. The lowest BCUT2D eigenvalue weighted by atomic mass is 10.2. The van der Waals surface area contributed by atoms with E-state index in [0.717, 1.165) is 11.0 Å². The third-order valence-electron chi connectivity index (χ3n) is 3.86. The summed E-state index contributed by atoms with van der Waals surface area (Å²) in [6, 6.07) is 12.6. The molecule has 1 N–H and O–H groups in total. The Bertz CT molecular complexity index is 1050. The number of para-hydroxylation sites is 2. The Morgan fingerprint density at radius 3 is 2.58 bits per heavy atom. The van der Waals surface area contributed by atoms with Crippen LogP contribution in [0.3, 0.4) is 0 Å². The van der Waals surface area contributed by atoms with E-state index in [4.69, 9.17) is 27.6 Å². The topological polar surface area (TPSA) is 84.7 Å². The van der Waals surface area contributed by atoms with Crippen LogP contribution in [-0.4, -0.2) is 25.9 Å². The molecule has 4 rings (SSSR count). The number of Topliss-reactive ketones (excluding diaryl/α,β-unsaturated/α-hetero) is 1. The predicted molar refractivity (Wildman–Crippen MR) is 98.5 cm³/mol. The van der Waals surface area contributed by atoms with Gasteiger partial charge in [0.05, 0.1) is 26.6 Å². The summed E-state index contributed by atoms with van der Waals surface area (Å²) in [6.45, 7) is 0. The molecule has 0 radical (unpaired) electrons. The largest absolute Gasteiger partial charge is 0.421 e. The van der Waals surface area contributed by atoms with Gasteiger partial charge in [-0.05, 0) is 24.3 Å². The quantitative estimate of drug-likeness (QED) is 0.500. The van der Waals surface area contributed by atoms with Crippen LogP contribution in [-0.2, 0) is 6.42 Å². The number of imidazole rings is 1. The maximum Gasteiger partial charge on any atom is 0.250 e. The summed E-state index contributed by atoms with van der Waals surface area (Å²) in [5.41, 5.74) is 2.06. The number of halogens is 2. The Kier molecular flexibility index (Phi) is 4.44. The van der Waals surface area contributed by atoms with Crippen molar-refractivity contribution in [3.63, 3.8) is 0 Å². The van der Waals surface area contributed by atoms with Crippen LogP contribution >= 0.6 is 23.2 Å². The second-order valence-electron chi connectivity index (χ2n) is 5.62. The van der Waals surface area contributed by atoms with E-state index in [9.17, 15) is 4.79 Å². The Balaban J connectivity index is 1.48. The number of aromatic nitrogens is 4. The molecule has 26 heavy (non-hydrogen) atoms. The van der Waals surface area contributed by atoms with E-state index >= 15 is 0 Å². The molecular weight excluding hydrogens is 375 g/mol. The van der Waals surface area contributed by atoms with Crippen molar-refractivity contribution in [2.75, 3.05) is 0 Å². The molecule has 0 amide bonds. The standard InChI is InChI=1S/C18H12Cl2N4O2/c19-10-4-3-5-11(20)16(10)18-24-23-15(26-18)9-8-14(25)17-21-12-6-1-2-7-13(12)22-17/h1-7H,8-9H2,(H,21,22). The summed E-state index contributed by atoms with van der Waals surface area (Å²) in [4.78, 5) is 19.7. The van der Waals surface area contributed by atoms with Gasteiger partial charge < -0.3 is 9.40 Å². The molecule has 0 atom stereocenters. The van der Waals surface area contributed by atoms with E-state index in [-0.39, 0.29) is 18.1 Å². The molecular formula is C18H12Cl2N4O2. The minimum absolute atomic E-state index is 0.128. The van der Waals surface area contributed by atoms with Crippen LogP contribution in [0.25, 0.3) is 22.5 Å². The molecule has 0 aliphatic heterocycles. The highest BCUT2D eigenvalue weighted by molar-refractivity contribution is 6.38. The van der Waals surface area contributed by atoms with E-state index in [1.54, 1.807) is 18.2 Å². The molecule has 0 saturated carbocycles. The van der Waals surface area contributed by atoms with Crippen molar-refractivity contribution >= 4 is 40.0 Å². The summed E-state index contributed by atoms with van der Waals surface area (Å²) in [5, 5.41) is 8.78. The van der Waals surface area contributed by atoms with E-state index in [1.165, 1.54) is 0 Å². The monoisotopic (exact) mass is 386 g/mol. The number of carbonyl (C=O) groups is 1. The number of fused-ring (bicyclic) bond motifs is 1. The first-order chi connectivity index (χ1) is 12.6. The van der Waals surface area contributed by atoms with Crippen LogP contribution < -0.4 is 0 Å². The molecule has 4 aromatic rings. The molecule has 0 fully saturated rings. The number of hydrogen-bond acceptors (Lipinski definition) is 5. The summed E-state index contributed by atoms with van der Waals surface area (Å²) >= 11 is 12.3. The predicted octanol–water partition coefficient (Wildman–Crippen LogP) is 4.74. The number of hydrogen-bond donors (Lipinski definition) is 1. The van der Waals surface area contributed by atoms with Gasteiger partial charge in [0.2, 0.25) is 5.89 Å². The Hall–Kier alpha value is -2.70. The highest BCUT2D eigenvalue weighted by Crippen LogP contribution is 2.33. The van der Waals surface area contributed by atoms with Gasteiger partial charge in [-0.25, -0.2) is 4.98 Å². The SMILES string of the molecule is O=C(CCc1nnc(-c2c(Cl)cccc2Cl)o1)c1nc2ccccc2[nH]1. The second kappa shape index (κ2) is 6.90. The first kappa shape index (κ1) is 16.8. The first-order valence-corrected chi connectivity index (χ1v) is 8.62. The molecule has 130 valence electrons. The van der Waals surface area contributed by atoms with Crippen molar-refractivity contribution in [1.82, 2.24) is 20.2 Å². The van der Waals surface area contributed by atoms with Gasteiger partial charge >= 0.3 is 0 Å². The Morgan fingerprint density at radius 1 is 1.04 bits per heavy atom. The van der Waals surface area contributed by atoms with Gasteiger partial charge in [0.25, 0.3) is 5.89 Å². The molecule has 0 spiro atoms. The van der Waals surface area contributed by atoms with Crippen molar-refractivity contribution in [1.29, 1.82) is 0 Å². The highest BCUT2D eigenvalue weighted by atomic mass is 35.5. The summed E-state index contributed by atoms with van der Waals surface area (Å²) in [5.74, 6) is 0.754. The molecule has 0 aliphatic carbocycles. The van der Waals surface area contributed by atoms with Crippen LogP contribution in [0.4, 0.5) is 0 Å². The van der Waals surface area contributed by atoms with Crippen LogP contribution in [0.2, 0.25) is 10.0 Å². The number of nitrogens with zero attached hydrogens (tertiary/aromatic N) is 3. The molecule has 2 heterocycles. The van der Waals surface area contributed by atoms with Gasteiger partial charge in [-0.3, -0.25) is 4.79 Å². The van der Waals surface area contributed by atoms with Crippen LogP contribution in [0.1, 0.15) is 22.9 Å². The smallest absolute Gasteiger partial charge is 0.250 e. The highest BCUT2D eigenvalue weighted by Gasteiger charge is 2.17. The van der Waals surface area contributed by atoms with Gasteiger partial charge in [-0.15, -0.1) is 10.2 Å². The van der Waals surface area contributed by atoms with Crippen molar-refractivity contribution in [2.45, 2.75) is 12.8 Å². The van der Waals surface area contributed by atoms with Gasteiger partial charge in [-0.1, -0.05) is 41.4 Å². The molecule has 0 aliphatic rings. The van der Waals surface area contributed by atoms with Gasteiger partial charge in [-0.2, -0.15) is 0 Å². The fourth-order valence-corrected chi connectivity index (χ4v) is 3.14. The number of H-pyrrole nitrogens is 1. The van der Waals surface area contributed by atoms with Crippen molar-refractivity contribution in [3.05, 3.63) is 64.2 Å². The summed E-state index contributed by atoms with van der Waals surface area (Å²) in [7, 11) is 0. The Labute approximate surface area is 158 Å². The average Bonchev–Trinajstić information content (AvgIpc) is 3.26. The van der Waals surface area contributed by atoms with Crippen molar-refractivity contribution in [3.8, 4) is 11.5 Å². The zero-order valence-corrected chi connectivity index (χ0v) is 14.9. The van der Waals surface area contributed by atoms with E-state index in [1.807, 2.05) is 24.3 Å². The third-order valence-corrected chi connectivity index (χ3v) is 4.49. The first-order valence-electron chi connectivity index (χ1n) is 7.86. The minimum atomic E-state index is -0.128. The molecule has 8 heteroatoms. The van der Waals surface area contributed by atoms with E-state index < -0.39 is 0 Å². The summed E-state index contributed by atoms with van der Waals surface area (Å²) < 4.78 is 5.60. The minimum Gasteiger partial charge on any atom is -0.421 e. The summed E-state index contributed by atoms with van der Waals surface area (Å²) in [6.07, 6.45) is 0.489. The number of aryl methyl sites for hydroxylation is 1. The maximum absolute atomic E-state index is 12.3. The molecule has 0 saturated heterocycles. The van der Waals surface area contributed by atoms with Crippen molar-refractivity contribution in [2.24, 2.45) is 0 Å². The molecule has 2 aromatic carbocycles. The van der Waals surface area contributed by atoms with Gasteiger partial charge in [0.1, 0.15) is 0 Å². The lowest BCUT2D eigenvalue weighted by molar-refractivity contribution is 0.0971. The van der Waals surface area contributed by atoms with Crippen LogP contribution in [0.5, 0.6) is 0 Å².